The highest BCUT2D eigenvalue weighted by Gasteiger charge is 2.07. The number of fused-ring (bicyclic) bond motifs is 1. The average molecular weight is 282 g/mol. The molecule has 0 aromatic carbocycles. The third-order valence-electron chi connectivity index (χ3n) is 2.66. The van der Waals surface area contributed by atoms with E-state index in [4.69, 9.17) is 0 Å². The van der Waals surface area contributed by atoms with Crippen molar-refractivity contribution in [3.63, 3.8) is 0 Å². The van der Waals surface area contributed by atoms with Crippen LogP contribution in [0.1, 0.15) is 38.1 Å². The summed E-state index contributed by atoms with van der Waals surface area (Å²) < 4.78 is 2.85. The second kappa shape index (κ2) is 4.95. The lowest BCUT2D eigenvalue weighted by Crippen LogP contribution is -1.93. The minimum atomic E-state index is 0.941. The van der Waals surface area contributed by atoms with Crippen LogP contribution in [0.25, 0.3) is 5.65 Å². The molecule has 0 atom stereocenters. The first-order valence-corrected chi connectivity index (χ1v) is 6.58. The third-order valence-corrected chi connectivity index (χ3v) is 3.22. The summed E-state index contributed by atoms with van der Waals surface area (Å²) in [7, 11) is 0. The minimum Gasteiger partial charge on any atom is -0.212 e. The normalized spacial score (nSPS) is 11.2. The van der Waals surface area contributed by atoms with E-state index in [0.717, 1.165) is 35.3 Å². The van der Waals surface area contributed by atoms with Crippen LogP contribution in [0.3, 0.4) is 0 Å². The first-order valence-electron chi connectivity index (χ1n) is 5.78. The smallest absolute Gasteiger partial charge is 0.157 e. The first kappa shape index (κ1) is 11.6. The number of rotatable bonds is 4. The highest BCUT2D eigenvalue weighted by Crippen LogP contribution is 2.16. The molecule has 16 heavy (non-hydrogen) atoms. The topological polar surface area (TPSA) is 30.2 Å². The van der Waals surface area contributed by atoms with Crippen LogP contribution in [0.5, 0.6) is 0 Å². The Balaban J connectivity index is 2.40. The fraction of sp³-hybridized carbons (Fsp3) is 0.500. The van der Waals surface area contributed by atoms with Crippen LogP contribution in [-0.2, 0) is 12.8 Å². The molecular weight excluding hydrogens is 266 g/mol. The van der Waals surface area contributed by atoms with Crippen molar-refractivity contribution in [1.82, 2.24) is 14.6 Å². The third kappa shape index (κ3) is 2.26. The second-order valence-corrected chi connectivity index (χ2v) is 4.75. The number of pyridine rings is 1. The summed E-state index contributed by atoms with van der Waals surface area (Å²) in [6.45, 7) is 4.33. The van der Waals surface area contributed by atoms with Crippen molar-refractivity contribution in [3.8, 4) is 0 Å². The summed E-state index contributed by atoms with van der Waals surface area (Å²) in [5.74, 6) is 0.941. The summed E-state index contributed by atoms with van der Waals surface area (Å²) in [6, 6.07) is 4.21. The van der Waals surface area contributed by atoms with E-state index in [-0.39, 0.29) is 0 Å². The van der Waals surface area contributed by atoms with Crippen LogP contribution >= 0.6 is 15.9 Å². The van der Waals surface area contributed by atoms with E-state index < -0.39 is 0 Å². The fourth-order valence-electron chi connectivity index (χ4n) is 1.69. The van der Waals surface area contributed by atoms with Crippen molar-refractivity contribution in [3.05, 3.63) is 28.1 Å². The number of aromatic nitrogens is 3. The predicted octanol–water partition coefficient (Wildman–Crippen LogP) is 3.40. The molecule has 0 fully saturated rings. The van der Waals surface area contributed by atoms with Crippen molar-refractivity contribution < 1.29 is 0 Å². The number of aryl methyl sites for hydroxylation is 2. The molecule has 2 aromatic rings. The molecule has 0 aliphatic carbocycles. The molecule has 0 amide bonds. The van der Waals surface area contributed by atoms with Gasteiger partial charge < -0.3 is 0 Å². The molecule has 86 valence electrons. The van der Waals surface area contributed by atoms with Crippen molar-refractivity contribution in [2.45, 2.75) is 39.5 Å². The standard InChI is InChI=1S/C12H16BrN3/c1-3-5-6-11-14-12-8-9(4-2)7-10(13)16(12)15-11/h7-8H,3-6H2,1-2H3. The summed E-state index contributed by atoms with van der Waals surface area (Å²) in [4.78, 5) is 4.54. The van der Waals surface area contributed by atoms with Gasteiger partial charge in [0, 0.05) is 6.42 Å². The molecule has 0 aliphatic rings. The molecule has 0 radical (unpaired) electrons. The zero-order valence-corrected chi connectivity index (χ0v) is 11.3. The Morgan fingerprint density at radius 3 is 2.81 bits per heavy atom. The van der Waals surface area contributed by atoms with Crippen molar-refractivity contribution >= 4 is 21.6 Å². The molecule has 4 heteroatoms. The lowest BCUT2D eigenvalue weighted by Gasteiger charge is -1.99. The van der Waals surface area contributed by atoms with E-state index in [1.165, 1.54) is 12.0 Å². The SMILES string of the molecule is CCCCc1nc2cc(CC)cc(Br)n2n1. The maximum Gasteiger partial charge on any atom is 0.157 e. The second-order valence-electron chi connectivity index (χ2n) is 3.94. The molecule has 3 nitrogen and oxygen atoms in total. The summed E-state index contributed by atoms with van der Waals surface area (Å²) in [5, 5.41) is 4.48. The quantitative estimate of drug-likeness (QED) is 0.804. The number of hydrogen-bond donors (Lipinski definition) is 0. The Bertz CT molecular complexity index is 490. The van der Waals surface area contributed by atoms with Crippen LogP contribution < -0.4 is 0 Å². The Labute approximate surface area is 104 Å². The Morgan fingerprint density at radius 1 is 1.31 bits per heavy atom. The number of nitrogens with zero attached hydrogens (tertiary/aromatic N) is 3. The molecule has 2 aromatic heterocycles. The molecular formula is C12H16BrN3. The maximum atomic E-state index is 4.54. The summed E-state index contributed by atoms with van der Waals surface area (Å²) in [6.07, 6.45) is 4.31. The van der Waals surface area contributed by atoms with Crippen LogP contribution in [-0.4, -0.2) is 14.6 Å². The summed E-state index contributed by atoms with van der Waals surface area (Å²) in [5.41, 5.74) is 2.23. The van der Waals surface area contributed by atoms with E-state index in [1.807, 2.05) is 4.52 Å². The highest BCUT2D eigenvalue weighted by molar-refractivity contribution is 9.10. The van der Waals surface area contributed by atoms with Gasteiger partial charge in [-0.05, 0) is 46.5 Å². The van der Waals surface area contributed by atoms with Crippen molar-refractivity contribution in [1.29, 1.82) is 0 Å². The van der Waals surface area contributed by atoms with Gasteiger partial charge in [-0.3, -0.25) is 0 Å². The van der Waals surface area contributed by atoms with Crippen LogP contribution in [0.15, 0.2) is 16.7 Å². The molecule has 0 N–H and O–H groups in total. The molecule has 2 rings (SSSR count). The number of halogens is 1. The van der Waals surface area contributed by atoms with E-state index in [9.17, 15) is 0 Å². The van der Waals surface area contributed by atoms with Crippen LogP contribution in [0, 0.1) is 0 Å². The number of unbranched alkanes of at least 4 members (excludes halogenated alkanes) is 1. The Hall–Kier alpha value is -0.900. The van der Waals surface area contributed by atoms with Crippen molar-refractivity contribution in [2.24, 2.45) is 0 Å². The van der Waals surface area contributed by atoms with Gasteiger partial charge in [0.15, 0.2) is 11.5 Å². The molecule has 0 unspecified atom stereocenters. The largest absolute Gasteiger partial charge is 0.212 e. The number of hydrogen-bond acceptors (Lipinski definition) is 2. The average Bonchev–Trinajstić information content (AvgIpc) is 2.69. The van der Waals surface area contributed by atoms with E-state index in [1.54, 1.807) is 0 Å². The zero-order chi connectivity index (χ0) is 11.5. The maximum absolute atomic E-state index is 4.54. The summed E-state index contributed by atoms with van der Waals surface area (Å²) >= 11 is 3.53. The molecule has 0 spiro atoms. The predicted molar refractivity (Wildman–Crippen MR) is 68.7 cm³/mol. The minimum absolute atomic E-state index is 0.941. The molecule has 0 aliphatic heterocycles. The van der Waals surface area contributed by atoms with Gasteiger partial charge in [0.1, 0.15) is 4.60 Å². The Kier molecular flexibility index (Phi) is 3.59. The van der Waals surface area contributed by atoms with Gasteiger partial charge >= 0.3 is 0 Å². The van der Waals surface area contributed by atoms with E-state index in [2.05, 4.69) is 52.0 Å². The first-order chi connectivity index (χ1) is 7.74. The lowest BCUT2D eigenvalue weighted by atomic mass is 10.2. The van der Waals surface area contributed by atoms with E-state index >= 15 is 0 Å². The van der Waals surface area contributed by atoms with Gasteiger partial charge in [-0.1, -0.05) is 20.3 Å². The fourth-order valence-corrected chi connectivity index (χ4v) is 2.24. The van der Waals surface area contributed by atoms with Gasteiger partial charge in [0.2, 0.25) is 0 Å². The van der Waals surface area contributed by atoms with Gasteiger partial charge in [-0.15, -0.1) is 0 Å². The zero-order valence-electron chi connectivity index (χ0n) is 9.70. The van der Waals surface area contributed by atoms with Gasteiger partial charge in [0.05, 0.1) is 0 Å². The molecule has 2 heterocycles. The lowest BCUT2D eigenvalue weighted by molar-refractivity contribution is 0.746. The van der Waals surface area contributed by atoms with Crippen molar-refractivity contribution in [2.75, 3.05) is 0 Å². The van der Waals surface area contributed by atoms with Gasteiger partial charge in [0.25, 0.3) is 0 Å². The van der Waals surface area contributed by atoms with Gasteiger partial charge in [-0.2, -0.15) is 5.10 Å². The van der Waals surface area contributed by atoms with Crippen LogP contribution in [0.2, 0.25) is 0 Å². The highest BCUT2D eigenvalue weighted by atomic mass is 79.9. The molecule has 0 bridgehead atoms. The monoisotopic (exact) mass is 281 g/mol. The molecule has 0 saturated carbocycles. The van der Waals surface area contributed by atoms with E-state index in [0.29, 0.717) is 0 Å². The van der Waals surface area contributed by atoms with Gasteiger partial charge in [-0.25, -0.2) is 9.50 Å². The molecule has 0 saturated heterocycles. The van der Waals surface area contributed by atoms with Crippen LogP contribution in [0.4, 0.5) is 0 Å². The Morgan fingerprint density at radius 2 is 2.12 bits per heavy atom.